The Bertz CT molecular complexity index is 399. The van der Waals surface area contributed by atoms with E-state index in [1.54, 1.807) is 11.9 Å². The third kappa shape index (κ3) is 2.44. The van der Waals surface area contributed by atoms with E-state index in [4.69, 9.17) is 6.42 Å². The van der Waals surface area contributed by atoms with Crippen LogP contribution in [0.25, 0.3) is 6.08 Å². The summed E-state index contributed by atoms with van der Waals surface area (Å²) in [5.41, 5.74) is 1.16. The maximum absolute atomic E-state index is 5.34. The second kappa shape index (κ2) is 4.57. The molecule has 1 heterocycles. The molecule has 1 fully saturated rings. The Kier molecular flexibility index (Phi) is 3.15. The van der Waals surface area contributed by atoms with Crippen molar-refractivity contribution in [2.24, 2.45) is 5.92 Å². The summed E-state index contributed by atoms with van der Waals surface area (Å²) in [7, 11) is 0. The molecule has 0 spiro atoms. The first kappa shape index (κ1) is 10.4. The zero-order chi connectivity index (χ0) is 10.7. The molecule has 1 aromatic rings. The summed E-state index contributed by atoms with van der Waals surface area (Å²) in [5.74, 6) is 3.21. The fraction of sp³-hybridized carbons (Fsp3) is 0.231. The smallest absolute Gasteiger partial charge is 0.0473 e. The highest BCUT2D eigenvalue weighted by Gasteiger charge is 2.25. The van der Waals surface area contributed by atoms with Crippen LogP contribution in [-0.2, 0) is 0 Å². The third-order valence-corrected chi connectivity index (χ3v) is 3.43. The van der Waals surface area contributed by atoms with Crippen LogP contribution in [0.1, 0.15) is 5.56 Å². The van der Waals surface area contributed by atoms with Gasteiger partial charge in [-0.2, -0.15) is 0 Å². The van der Waals surface area contributed by atoms with Crippen molar-refractivity contribution in [3.8, 4) is 12.3 Å². The molecule has 15 heavy (non-hydrogen) atoms. The normalized spacial score (nSPS) is 16.7. The van der Waals surface area contributed by atoms with E-state index in [2.05, 4.69) is 41.1 Å². The summed E-state index contributed by atoms with van der Waals surface area (Å²) >= 11 is 1.77. The molecule has 1 aromatic carbocycles. The topological polar surface area (TPSA) is 3.24 Å². The first-order chi connectivity index (χ1) is 7.31. The fourth-order valence-corrected chi connectivity index (χ4v) is 2.60. The molecule has 0 radical (unpaired) electrons. The van der Waals surface area contributed by atoms with E-state index in [0.29, 0.717) is 5.92 Å². The van der Waals surface area contributed by atoms with Gasteiger partial charge in [0.25, 0.3) is 0 Å². The first-order valence-electron chi connectivity index (χ1n) is 4.93. The molecular formula is C13H13NS. The van der Waals surface area contributed by atoms with E-state index in [9.17, 15) is 0 Å². The van der Waals surface area contributed by atoms with Crippen LogP contribution in [0.4, 0.5) is 0 Å². The molecule has 1 aliphatic heterocycles. The molecule has 1 saturated heterocycles. The number of rotatable bonds is 3. The Hall–Kier alpha value is -1.17. The van der Waals surface area contributed by atoms with Gasteiger partial charge in [-0.05, 0) is 29.6 Å². The molecule has 1 nitrogen and oxygen atoms in total. The molecule has 0 N–H and O–H groups in total. The molecule has 0 unspecified atom stereocenters. The minimum atomic E-state index is 0.445. The molecule has 0 aliphatic carbocycles. The van der Waals surface area contributed by atoms with Crippen LogP contribution in [-0.4, -0.2) is 17.4 Å². The molecule has 1 aliphatic rings. The van der Waals surface area contributed by atoms with Gasteiger partial charge < -0.3 is 0 Å². The van der Waals surface area contributed by atoms with E-state index in [0.717, 1.165) is 18.7 Å². The average molecular weight is 215 g/mol. The largest absolute Gasteiger partial charge is 0.244 e. The Morgan fingerprint density at radius 3 is 3.00 bits per heavy atom. The zero-order valence-corrected chi connectivity index (χ0v) is 9.33. The molecular weight excluding hydrogens is 202 g/mol. The van der Waals surface area contributed by atoms with Crippen molar-refractivity contribution < 1.29 is 0 Å². The maximum Gasteiger partial charge on any atom is 0.0473 e. The van der Waals surface area contributed by atoms with Crippen molar-refractivity contribution in [1.82, 2.24) is 4.31 Å². The van der Waals surface area contributed by atoms with Gasteiger partial charge in [-0.15, -0.1) is 12.3 Å². The van der Waals surface area contributed by atoms with Crippen LogP contribution in [0.15, 0.2) is 35.7 Å². The van der Waals surface area contributed by atoms with Crippen LogP contribution in [0.2, 0.25) is 0 Å². The lowest BCUT2D eigenvalue weighted by molar-refractivity contribution is 0.276. The van der Waals surface area contributed by atoms with Crippen LogP contribution >= 0.6 is 11.9 Å². The van der Waals surface area contributed by atoms with E-state index >= 15 is 0 Å². The lowest BCUT2D eigenvalue weighted by atomic mass is 10.1. The van der Waals surface area contributed by atoms with E-state index in [1.165, 1.54) is 4.90 Å². The van der Waals surface area contributed by atoms with Crippen LogP contribution in [0, 0.1) is 18.3 Å². The maximum atomic E-state index is 5.34. The molecule has 0 atom stereocenters. The van der Waals surface area contributed by atoms with Gasteiger partial charge in [0.1, 0.15) is 0 Å². The van der Waals surface area contributed by atoms with Crippen molar-refractivity contribution in [3.05, 3.63) is 36.4 Å². The molecule has 2 heteroatoms. The molecule has 0 amide bonds. The van der Waals surface area contributed by atoms with Gasteiger partial charge in [-0.3, -0.25) is 0 Å². The quantitative estimate of drug-likeness (QED) is 0.563. The SMILES string of the molecule is C#CC1CN(Sc2cccc(C=C)c2)C1. The van der Waals surface area contributed by atoms with Gasteiger partial charge >= 0.3 is 0 Å². The third-order valence-electron chi connectivity index (χ3n) is 2.41. The molecule has 0 saturated carbocycles. The van der Waals surface area contributed by atoms with Crippen molar-refractivity contribution >= 4 is 18.0 Å². The van der Waals surface area contributed by atoms with Gasteiger partial charge in [0.2, 0.25) is 0 Å². The van der Waals surface area contributed by atoms with Gasteiger partial charge in [0.05, 0.1) is 0 Å². The fourth-order valence-electron chi connectivity index (χ4n) is 1.47. The Morgan fingerprint density at radius 2 is 2.33 bits per heavy atom. The number of terminal acetylenes is 1. The minimum absolute atomic E-state index is 0.445. The zero-order valence-electron chi connectivity index (χ0n) is 8.52. The number of nitrogens with zero attached hydrogens (tertiary/aromatic N) is 1. The molecule has 2 rings (SSSR count). The summed E-state index contributed by atoms with van der Waals surface area (Å²) in [6.07, 6.45) is 7.20. The van der Waals surface area contributed by atoms with Crippen LogP contribution in [0.3, 0.4) is 0 Å². The second-order valence-corrected chi connectivity index (χ2v) is 4.75. The van der Waals surface area contributed by atoms with Gasteiger partial charge in [-0.25, -0.2) is 4.31 Å². The predicted molar refractivity (Wildman–Crippen MR) is 66.3 cm³/mol. The molecule has 0 bridgehead atoms. The number of benzene rings is 1. The summed E-state index contributed by atoms with van der Waals surface area (Å²) in [6.45, 7) is 5.76. The lowest BCUT2D eigenvalue weighted by Gasteiger charge is -2.34. The minimum Gasteiger partial charge on any atom is -0.244 e. The number of hydrogen-bond acceptors (Lipinski definition) is 2. The van der Waals surface area contributed by atoms with Crippen LogP contribution in [0.5, 0.6) is 0 Å². The Balaban J connectivity index is 1.95. The molecule has 76 valence electrons. The van der Waals surface area contributed by atoms with E-state index in [-0.39, 0.29) is 0 Å². The van der Waals surface area contributed by atoms with E-state index < -0.39 is 0 Å². The van der Waals surface area contributed by atoms with Crippen molar-refractivity contribution in [2.45, 2.75) is 4.90 Å². The van der Waals surface area contributed by atoms with Gasteiger partial charge in [0.15, 0.2) is 0 Å². The standard InChI is InChI=1S/C13H13NS/c1-3-11-6-5-7-13(8-11)15-14-9-12(4-2)10-14/h2-3,5-8,12H,1,9-10H2. The highest BCUT2D eigenvalue weighted by atomic mass is 32.2. The first-order valence-corrected chi connectivity index (χ1v) is 5.70. The monoisotopic (exact) mass is 215 g/mol. The van der Waals surface area contributed by atoms with Crippen molar-refractivity contribution in [1.29, 1.82) is 0 Å². The Morgan fingerprint density at radius 1 is 1.53 bits per heavy atom. The summed E-state index contributed by atoms with van der Waals surface area (Å²) in [6, 6.07) is 8.36. The average Bonchev–Trinajstić information content (AvgIpc) is 2.23. The van der Waals surface area contributed by atoms with E-state index in [1.807, 2.05) is 6.08 Å². The summed E-state index contributed by atoms with van der Waals surface area (Å²) in [5, 5.41) is 0. The second-order valence-electron chi connectivity index (χ2n) is 3.58. The highest BCUT2D eigenvalue weighted by molar-refractivity contribution is 7.97. The highest BCUT2D eigenvalue weighted by Crippen LogP contribution is 2.30. The summed E-state index contributed by atoms with van der Waals surface area (Å²) in [4.78, 5) is 1.25. The predicted octanol–water partition coefficient (Wildman–Crippen LogP) is 2.90. The summed E-state index contributed by atoms with van der Waals surface area (Å²) < 4.78 is 2.28. The van der Waals surface area contributed by atoms with Crippen LogP contribution < -0.4 is 0 Å². The molecule has 0 aromatic heterocycles. The van der Waals surface area contributed by atoms with Gasteiger partial charge in [-0.1, -0.05) is 24.8 Å². The number of hydrogen-bond donors (Lipinski definition) is 0. The van der Waals surface area contributed by atoms with Crippen molar-refractivity contribution in [2.75, 3.05) is 13.1 Å². The lowest BCUT2D eigenvalue weighted by Crippen LogP contribution is -2.40. The Labute approximate surface area is 95.3 Å². The van der Waals surface area contributed by atoms with Crippen molar-refractivity contribution in [3.63, 3.8) is 0 Å². The van der Waals surface area contributed by atoms with Gasteiger partial charge in [0, 0.05) is 23.9 Å².